The van der Waals surface area contributed by atoms with Crippen molar-refractivity contribution in [1.29, 1.82) is 0 Å². The highest BCUT2D eigenvalue weighted by molar-refractivity contribution is 9.10. The minimum absolute atomic E-state index is 0.179. The molecule has 0 fully saturated rings. The van der Waals surface area contributed by atoms with Gasteiger partial charge in [0.15, 0.2) is 0 Å². The summed E-state index contributed by atoms with van der Waals surface area (Å²) >= 11 is 3.46. The van der Waals surface area contributed by atoms with Crippen molar-refractivity contribution in [2.45, 2.75) is 0 Å². The van der Waals surface area contributed by atoms with Gasteiger partial charge in [-0.15, -0.1) is 0 Å². The number of nitrogens with zero attached hydrogens (tertiary/aromatic N) is 2. The minimum Gasteiger partial charge on any atom is -0.321 e. The van der Waals surface area contributed by atoms with E-state index in [1.54, 1.807) is 22.8 Å². The zero-order chi connectivity index (χ0) is 20.0. The Morgan fingerprint density at radius 1 is 0.931 bits per heavy atom. The van der Waals surface area contributed by atoms with E-state index in [9.17, 15) is 9.59 Å². The Labute approximate surface area is 174 Å². The molecule has 0 atom stereocenters. The fourth-order valence-electron chi connectivity index (χ4n) is 3.51. The molecule has 4 aromatic rings. The summed E-state index contributed by atoms with van der Waals surface area (Å²) in [5.74, 6) is 0.179. The van der Waals surface area contributed by atoms with E-state index >= 15 is 0 Å². The van der Waals surface area contributed by atoms with E-state index in [1.807, 2.05) is 60.7 Å². The van der Waals surface area contributed by atoms with E-state index in [2.05, 4.69) is 21.2 Å². The van der Waals surface area contributed by atoms with Gasteiger partial charge < -0.3 is 5.32 Å². The number of carbonyl (C=O) groups excluding carboxylic acids is 1. The van der Waals surface area contributed by atoms with Crippen LogP contribution in [0.3, 0.4) is 0 Å². The molecule has 0 aliphatic carbocycles. The van der Waals surface area contributed by atoms with Gasteiger partial charge in [0, 0.05) is 15.7 Å². The van der Waals surface area contributed by atoms with Gasteiger partial charge in [0.1, 0.15) is 5.82 Å². The summed E-state index contributed by atoms with van der Waals surface area (Å²) in [6, 6.07) is 22.1. The van der Waals surface area contributed by atoms with Gasteiger partial charge in [-0.05, 0) is 48.5 Å². The highest BCUT2D eigenvalue weighted by Crippen LogP contribution is 2.35. The van der Waals surface area contributed by atoms with Gasteiger partial charge in [-0.2, -0.15) is 0 Å². The van der Waals surface area contributed by atoms with Crippen molar-refractivity contribution in [3.05, 3.63) is 99.0 Å². The molecule has 1 aromatic heterocycles. The number of carbonyl (C=O) groups is 1. The van der Waals surface area contributed by atoms with Crippen molar-refractivity contribution in [1.82, 2.24) is 9.55 Å². The first-order valence-corrected chi connectivity index (χ1v) is 9.81. The lowest BCUT2D eigenvalue weighted by Crippen LogP contribution is -2.22. The third-order valence-electron chi connectivity index (χ3n) is 4.85. The number of rotatable bonds is 2. The Hall–Kier alpha value is -3.51. The summed E-state index contributed by atoms with van der Waals surface area (Å²) in [5, 5.41) is 3.39. The number of amides is 1. The predicted molar refractivity (Wildman–Crippen MR) is 118 cm³/mol. The van der Waals surface area contributed by atoms with Crippen molar-refractivity contribution in [2.75, 3.05) is 5.32 Å². The fourth-order valence-corrected chi connectivity index (χ4v) is 3.87. The molecular formula is C23H14BrN3O2. The minimum atomic E-state index is -0.222. The SMILES string of the molecule is O=C1Nc2ccc(Br)cc2C1=Cc1nc2ccccc2c(=O)n1-c1ccccc1. The largest absolute Gasteiger partial charge is 0.321 e. The maximum atomic E-state index is 13.3. The van der Waals surface area contributed by atoms with E-state index < -0.39 is 0 Å². The van der Waals surface area contributed by atoms with Crippen LogP contribution in [0.1, 0.15) is 11.4 Å². The molecule has 0 saturated carbocycles. The van der Waals surface area contributed by atoms with Crippen LogP contribution in [-0.2, 0) is 4.79 Å². The standard InChI is InChI=1S/C23H14BrN3O2/c24-14-10-11-20-17(12-14)18(22(28)26-20)13-21-25-19-9-5-4-8-16(19)23(29)27(21)15-6-2-1-3-7-15/h1-13H,(H,26,28). The molecule has 140 valence electrons. The number of para-hydroxylation sites is 2. The molecule has 0 unspecified atom stereocenters. The molecule has 3 aromatic carbocycles. The molecule has 0 spiro atoms. The first-order chi connectivity index (χ1) is 14.1. The Bertz CT molecular complexity index is 1370. The second kappa shape index (κ2) is 6.83. The topological polar surface area (TPSA) is 64.0 Å². The third-order valence-corrected chi connectivity index (χ3v) is 5.35. The molecule has 0 radical (unpaired) electrons. The van der Waals surface area contributed by atoms with Crippen LogP contribution in [0.25, 0.3) is 28.2 Å². The Morgan fingerprint density at radius 2 is 1.69 bits per heavy atom. The first-order valence-electron chi connectivity index (χ1n) is 9.02. The smallest absolute Gasteiger partial charge is 0.266 e. The van der Waals surface area contributed by atoms with Gasteiger partial charge in [0.05, 0.1) is 22.2 Å². The third kappa shape index (κ3) is 2.98. The number of nitrogens with one attached hydrogen (secondary N) is 1. The zero-order valence-corrected chi connectivity index (χ0v) is 16.7. The Kier molecular flexibility index (Phi) is 4.14. The van der Waals surface area contributed by atoms with Crippen LogP contribution in [0.4, 0.5) is 5.69 Å². The molecule has 1 aliphatic heterocycles. The number of hydrogen-bond acceptors (Lipinski definition) is 3. The summed E-state index contributed by atoms with van der Waals surface area (Å²) in [7, 11) is 0. The van der Waals surface area contributed by atoms with Crippen LogP contribution < -0.4 is 10.9 Å². The van der Waals surface area contributed by atoms with Crippen molar-refractivity contribution in [3.8, 4) is 5.69 Å². The van der Waals surface area contributed by atoms with Crippen LogP contribution in [0.2, 0.25) is 0 Å². The van der Waals surface area contributed by atoms with Crippen LogP contribution >= 0.6 is 15.9 Å². The summed E-state index contributed by atoms with van der Waals surface area (Å²) in [6.45, 7) is 0. The van der Waals surface area contributed by atoms with E-state index in [-0.39, 0.29) is 11.5 Å². The molecule has 1 amide bonds. The molecule has 5 rings (SSSR count). The van der Waals surface area contributed by atoms with Gasteiger partial charge in [0.2, 0.25) is 0 Å². The lowest BCUT2D eigenvalue weighted by Gasteiger charge is -2.12. The first kappa shape index (κ1) is 17.6. The highest BCUT2D eigenvalue weighted by atomic mass is 79.9. The average Bonchev–Trinajstić information content (AvgIpc) is 3.03. The molecule has 1 aliphatic rings. The molecule has 2 heterocycles. The van der Waals surface area contributed by atoms with Crippen molar-refractivity contribution in [2.24, 2.45) is 0 Å². The summed E-state index contributed by atoms with van der Waals surface area (Å²) < 4.78 is 2.41. The highest BCUT2D eigenvalue weighted by Gasteiger charge is 2.25. The van der Waals surface area contributed by atoms with Gasteiger partial charge in [0.25, 0.3) is 11.5 Å². The maximum absolute atomic E-state index is 13.3. The molecular weight excluding hydrogens is 430 g/mol. The van der Waals surface area contributed by atoms with E-state index in [0.29, 0.717) is 28.0 Å². The lowest BCUT2D eigenvalue weighted by atomic mass is 10.1. The normalized spacial score (nSPS) is 14.2. The molecule has 0 bridgehead atoms. The molecule has 29 heavy (non-hydrogen) atoms. The molecule has 5 nitrogen and oxygen atoms in total. The second-order valence-corrected chi connectivity index (χ2v) is 7.58. The van der Waals surface area contributed by atoms with Crippen LogP contribution in [0.5, 0.6) is 0 Å². The number of hydrogen-bond donors (Lipinski definition) is 1. The summed E-state index contributed by atoms with van der Waals surface area (Å²) in [4.78, 5) is 30.6. The molecule has 6 heteroatoms. The quantitative estimate of drug-likeness (QED) is 0.459. The van der Waals surface area contributed by atoms with E-state index in [4.69, 9.17) is 4.98 Å². The van der Waals surface area contributed by atoms with Crippen molar-refractivity contribution in [3.63, 3.8) is 0 Å². The second-order valence-electron chi connectivity index (χ2n) is 6.67. The summed E-state index contributed by atoms with van der Waals surface area (Å²) in [6.07, 6.45) is 1.68. The van der Waals surface area contributed by atoms with E-state index in [0.717, 1.165) is 15.7 Å². The van der Waals surface area contributed by atoms with Crippen LogP contribution in [0.15, 0.2) is 82.1 Å². The Morgan fingerprint density at radius 3 is 2.52 bits per heavy atom. The zero-order valence-electron chi connectivity index (χ0n) is 15.1. The number of benzene rings is 3. The van der Waals surface area contributed by atoms with Gasteiger partial charge >= 0.3 is 0 Å². The average molecular weight is 444 g/mol. The van der Waals surface area contributed by atoms with E-state index in [1.165, 1.54) is 0 Å². The fraction of sp³-hybridized carbons (Fsp3) is 0. The number of aromatic nitrogens is 2. The number of anilines is 1. The van der Waals surface area contributed by atoms with Crippen LogP contribution in [-0.4, -0.2) is 15.5 Å². The lowest BCUT2D eigenvalue weighted by molar-refractivity contribution is -0.110. The predicted octanol–water partition coefficient (Wildman–Crippen LogP) is 4.64. The van der Waals surface area contributed by atoms with Crippen molar-refractivity contribution < 1.29 is 4.79 Å². The van der Waals surface area contributed by atoms with Crippen molar-refractivity contribution >= 4 is 50.1 Å². The molecule has 0 saturated heterocycles. The number of halogens is 1. The van der Waals surface area contributed by atoms with Gasteiger partial charge in [-0.1, -0.05) is 46.3 Å². The van der Waals surface area contributed by atoms with Crippen LogP contribution in [0, 0.1) is 0 Å². The van der Waals surface area contributed by atoms with Gasteiger partial charge in [-0.3, -0.25) is 14.2 Å². The monoisotopic (exact) mass is 443 g/mol. The van der Waals surface area contributed by atoms with Gasteiger partial charge in [-0.25, -0.2) is 4.98 Å². The maximum Gasteiger partial charge on any atom is 0.266 e. The molecule has 1 N–H and O–H groups in total. The Balaban J connectivity index is 1.82. The number of fused-ring (bicyclic) bond motifs is 2. The summed E-state index contributed by atoms with van der Waals surface area (Å²) in [5.41, 5.74) is 3.07.